The second kappa shape index (κ2) is 4.17. The van der Waals surface area contributed by atoms with Gasteiger partial charge in [-0.15, -0.1) is 0 Å². The van der Waals surface area contributed by atoms with Crippen molar-refractivity contribution in [3.05, 3.63) is 0 Å². The molecule has 2 atom stereocenters. The van der Waals surface area contributed by atoms with Crippen molar-refractivity contribution in [1.29, 1.82) is 0 Å². The molecule has 0 aromatic heterocycles. The summed E-state index contributed by atoms with van der Waals surface area (Å²) < 4.78 is 37.0. The average Bonchev–Trinajstić information content (AvgIpc) is 2.08. The third-order valence-electron chi connectivity index (χ3n) is 2.01. The van der Waals surface area contributed by atoms with E-state index in [-0.39, 0.29) is 0 Å². The number of hydroxylamine groups is 1. The van der Waals surface area contributed by atoms with Crippen molar-refractivity contribution in [2.75, 3.05) is 0 Å². The van der Waals surface area contributed by atoms with Gasteiger partial charge in [-0.2, -0.15) is 13.2 Å². The zero-order valence-electron chi connectivity index (χ0n) is 9.51. The molecule has 8 heteroatoms. The molecule has 0 bridgehead atoms. The van der Waals surface area contributed by atoms with Crippen molar-refractivity contribution in [2.24, 2.45) is 5.92 Å². The molecular formula is C9H13F3N2O3. The first-order valence-corrected chi connectivity index (χ1v) is 4.87. The second-order valence-electron chi connectivity index (χ2n) is 4.69. The molecule has 0 saturated carbocycles. The predicted molar refractivity (Wildman–Crippen MR) is 50.5 cm³/mol. The molecule has 98 valence electrons. The van der Waals surface area contributed by atoms with Crippen LogP contribution in [0.1, 0.15) is 20.8 Å². The molecule has 2 unspecified atom stereocenters. The van der Waals surface area contributed by atoms with Gasteiger partial charge in [0.15, 0.2) is 0 Å². The minimum Gasteiger partial charge on any atom is -0.343 e. The summed E-state index contributed by atoms with van der Waals surface area (Å²) in [6, 6.07) is -2.14. The first kappa shape index (κ1) is 13.8. The van der Waals surface area contributed by atoms with E-state index in [1.54, 1.807) is 26.1 Å². The van der Waals surface area contributed by atoms with Crippen molar-refractivity contribution in [2.45, 2.75) is 38.6 Å². The summed E-state index contributed by atoms with van der Waals surface area (Å²) in [7, 11) is 0. The van der Waals surface area contributed by atoms with E-state index in [1.807, 2.05) is 5.48 Å². The van der Waals surface area contributed by atoms with Crippen LogP contribution in [0.3, 0.4) is 0 Å². The zero-order valence-corrected chi connectivity index (χ0v) is 9.51. The minimum absolute atomic E-state index is 0.746. The van der Waals surface area contributed by atoms with Gasteiger partial charge in [0.25, 0.3) is 5.91 Å². The first-order valence-electron chi connectivity index (χ1n) is 4.87. The lowest BCUT2D eigenvalue weighted by Gasteiger charge is -2.36. The van der Waals surface area contributed by atoms with Gasteiger partial charge >= 0.3 is 6.18 Å². The maximum atomic E-state index is 12.3. The largest absolute Gasteiger partial charge is 0.409 e. The number of amides is 2. The van der Waals surface area contributed by atoms with Crippen LogP contribution in [0.2, 0.25) is 0 Å². The Morgan fingerprint density at radius 2 is 1.88 bits per heavy atom. The minimum atomic E-state index is -4.64. The molecular weight excluding hydrogens is 241 g/mol. The van der Waals surface area contributed by atoms with Crippen LogP contribution >= 0.6 is 0 Å². The molecule has 0 spiro atoms. The number of hydrogen-bond acceptors (Lipinski definition) is 3. The molecule has 1 fully saturated rings. The van der Waals surface area contributed by atoms with E-state index in [1.165, 1.54) is 0 Å². The average molecular weight is 254 g/mol. The maximum Gasteiger partial charge on any atom is 0.409 e. The topological polar surface area (TPSA) is 67.4 Å². The van der Waals surface area contributed by atoms with E-state index in [4.69, 9.17) is 4.84 Å². The number of carbonyl (C=O) groups excluding carboxylic acids is 2. The molecule has 2 amide bonds. The first-order chi connectivity index (χ1) is 7.52. The van der Waals surface area contributed by atoms with Gasteiger partial charge in [-0.25, -0.2) is 5.48 Å². The monoisotopic (exact) mass is 254 g/mol. The Balaban J connectivity index is 2.60. The Hall–Kier alpha value is -1.31. The molecule has 5 nitrogen and oxygen atoms in total. The summed E-state index contributed by atoms with van der Waals surface area (Å²) in [6.07, 6.45) is -4.64. The van der Waals surface area contributed by atoms with Gasteiger partial charge < -0.3 is 5.32 Å². The van der Waals surface area contributed by atoms with Crippen LogP contribution in [0.25, 0.3) is 0 Å². The lowest BCUT2D eigenvalue weighted by atomic mass is 9.89. The number of alkyl halides is 3. The highest BCUT2D eigenvalue weighted by Crippen LogP contribution is 2.31. The Kier molecular flexibility index (Phi) is 3.37. The molecule has 0 aromatic rings. The van der Waals surface area contributed by atoms with E-state index in [9.17, 15) is 22.8 Å². The number of rotatable bonds is 2. The van der Waals surface area contributed by atoms with Crippen LogP contribution in [-0.4, -0.2) is 29.6 Å². The third kappa shape index (κ3) is 3.32. The van der Waals surface area contributed by atoms with Crippen molar-refractivity contribution in [3.63, 3.8) is 0 Å². The standard InChI is InChI=1S/C9H13F3N2O3/c1-8(2,3)17-14-7(16)4-5(9(10,11)12)13-6(4)15/h4-5H,1-3H3,(H,13,15)(H,14,16). The predicted octanol–water partition coefficient (Wildman–Crippen LogP) is 0.510. The van der Waals surface area contributed by atoms with Crippen molar-refractivity contribution >= 4 is 11.8 Å². The highest BCUT2D eigenvalue weighted by molar-refractivity contribution is 6.05. The van der Waals surface area contributed by atoms with Crippen LogP contribution in [0.15, 0.2) is 0 Å². The summed E-state index contributed by atoms with van der Waals surface area (Å²) in [4.78, 5) is 27.1. The van der Waals surface area contributed by atoms with Crippen LogP contribution in [-0.2, 0) is 14.4 Å². The van der Waals surface area contributed by atoms with Crippen LogP contribution < -0.4 is 10.8 Å². The summed E-state index contributed by atoms with van der Waals surface area (Å²) in [5, 5.41) is 1.63. The number of carbonyl (C=O) groups is 2. The van der Waals surface area contributed by atoms with Gasteiger partial charge in [-0.3, -0.25) is 14.4 Å². The molecule has 1 heterocycles. The lowest BCUT2D eigenvalue weighted by Crippen LogP contribution is -2.68. The molecule has 17 heavy (non-hydrogen) atoms. The smallest absolute Gasteiger partial charge is 0.343 e. The van der Waals surface area contributed by atoms with E-state index in [2.05, 4.69) is 0 Å². The Labute approximate surface area is 95.6 Å². The fourth-order valence-electron chi connectivity index (χ4n) is 1.19. The zero-order chi connectivity index (χ0) is 13.4. The fourth-order valence-corrected chi connectivity index (χ4v) is 1.19. The highest BCUT2D eigenvalue weighted by Gasteiger charge is 2.58. The van der Waals surface area contributed by atoms with Gasteiger partial charge in [-0.05, 0) is 20.8 Å². The Morgan fingerprint density at radius 3 is 2.24 bits per heavy atom. The maximum absolute atomic E-state index is 12.3. The Morgan fingerprint density at radius 1 is 1.35 bits per heavy atom. The fraction of sp³-hybridized carbons (Fsp3) is 0.778. The molecule has 1 saturated heterocycles. The summed E-state index contributed by atoms with van der Waals surface area (Å²) in [6.45, 7) is 4.82. The number of β-lactam (4-membered cyclic amide) rings is 1. The molecule has 1 rings (SSSR count). The number of nitrogens with one attached hydrogen (secondary N) is 2. The van der Waals surface area contributed by atoms with Gasteiger partial charge in [0.2, 0.25) is 5.91 Å². The molecule has 0 aromatic carbocycles. The van der Waals surface area contributed by atoms with Gasteiger partial charge in [0.05, 0.1) is 5.60 Å². The third-order valence-corrected chi connectivity index (χ3v) is 2.01. The lowest BCUT2D eigenvalue weighted by molar-refractivity contribution is -0.200. The van der Waals surface area contributed by atoms with Crippen molar-refractivity contribution in [3.8, 4) is 0 Å². The second-order valence-corrected chi connectivity index (χ2v) is 4.69. The van der Waals surface area contributed by atoms with Crippen LogP contribution in [0.4, 0.5) is 13.2 Å². The van der Waals surface area contributed by atoms with Gasteiger partial charge in [-0.1, -0.05) is 0 Å². The normalized spacial score (nSPS) is 24.9. The molecule has 0 aliphatic carbocycles. The summed E-state index contributed by atoms with van der Waals surface area (Å²) >= 11 is 0. The SMILES string of the molecule is CC(C)(C)ONC(=O)C1C(=O)NC1C(F)(F)F. The van der Waals surface area contributed by atoms with E-state index in [0.29, 0.717) is 0 Å². The highest BCUT2D eigenvalue weighted by atomic mass is 19.4. The van der Waals surface area contributed by atoms with Crippen LogP contribution in [0.5, 0.6) is 0 Å². The van der Waals surface area contributed by atoms with Crippen LogP contribution in [0, 0.1) is 5.92 Å². The number of hydrogen-bond donors (Lipinski definition) is 2. The van der Waals surface area contributed by atoms with Crippen molar-refractivity contribution < 1.29 is 27.6 Å². The number of halogens is 3. The summed E-state index contributed by atoms with van der Waals surface area (Å²) in [5.74, 6) is -3.83. The molecule has 0 radical (unpaired) electrons. The van der Waals surface area contributed by atoms with E-state index < -0.39 is 35.6 Å². The molecule has 1 aliphatic heterocycles. The van der Waals surface area contributed by atoms with Gasteiger partial charge in [0, 0.05) is 0 Å². The molecule has 1 aliphatic rings. The van der Waals surface area contributed by atoms with Crippen molar-refractivity contribution in [1.82, 2.24) is 10.8 Å². The summed E-state index contributed by atoms with van der Waals surface area (Å²) in [5.41, 5.74) is 1.11. The van der Waals surface area contributed by atoms with Gasteiger partial charge in [0.1, 0.15) is 12.0 Å². The quantitative estimate of drug-likeness (QED) is 0.428. The molecule has 2 N–H and O–H groups in total. The van der Waals surface area contributed by atoms with E-state index >= 15 is 0 Å². The van der Waals surface area contributed by atoms with E-state index in [0.717, 1.165) is 0 Å². The Bertz CT molecular complexity index is 335.